The molecule has 4 nitrogen and oxygen atoms in total. The first-order valence-corrected chi connectivity index (χ1v) is 8.00. The predicted molar refractivity (Wildman–Crippen MR) is 81.0 cm³/mol. The van der Waals surface area contributed by atoms with Crippen LogP contribution in [0.3, 0.4) is 0 Å². The van der Waals surface area contributed by atoms with Gasteiger partial charge in [0.1, 0.15) is 11.9 Å². The topological polar surface area (TPSA) is 51.5 Å². The number of hydrogen-bond acceptors (Lipinski definition) is 3. The molecule has 21 heavy (non-hydrogen) atoms. The lowest BCUT2D eigenvalue weighted by atomic mass is 9.54. The first-order valence-electron chi connectivity index (χ1n) is 8.00. The smallest absolute Gasteiger partial charge is 0.290 e. The van der Waals surface area contributed by atoms with Crippen molar-refractivity contribution in [3.05, 3.63) is 28.2 Å². The molecule has 0 unspecified atom stereocenters. The third kappa shape index (κ3) is 1.99. The molecule has 4 heteroatoms. The Balaban J connectivity index is 2.22. The molecule has 116 valence electrons. The van der Waals surface area contributed by atoms with Gasteiger partial charge in [-0.1, -0.05) is 27.7 Å². The highest BCUT2D eigenvalue weighted by Crippen LogP contribution is 2.58. The number of rotatable bonds is 1. The Bertz CT molecular complexity index is 609. The Kier molecular flexibility index (Phi) is 3.30. The van der Waals surface area contributed by atoms with Crippen molar-refractivity contribution in [2.45, 2.75) is 59.0 Å². The van der Waals surface area contributed by atoms with E-state index in [2.05, 4.69) is 27.7 Å². The lowest BCUT2D eigenvalue weighted by molar-refractivity contribution is -0.0475. The van der Waals surface area contributed by atoms with Gasteiger partial charge in [-0.2, -0.15) is 4.73 Å². The summed E-state index contributed by atoms with van der Waals surface area (Å²) in [5.41, 5.74) is 0.318. The Morgan fingerprint density at radius 2 is 2.19 bits per heavy atom. The molecule has 0 spiro atoms. The summed E-state index contributed by atoms with van der Waals surface area (Å²) in [5.74, 6) is 1.89. The van der Waals surface area contributed by atoms with Gasteiger partial charge in [0.25, 0.3) is 5.56 Å². The fraction of sp³-hybridized carbons (Fsp3) is 0.706. The lowest BCUT2D eigenvalue weighted by Gasteiger charge is -2.54. The van der Waals surface area contributed by atoms with Crippen LogP contribution in [0.5, 0.6) is 5.75 Å². The third-order valence-corrected chi connectivity index (χ3v) is 5.60. The van der Waals surface area contributed by atoms with Gasteiger partial charge in [-0.25, -0.2) is 0 Å². The fourth-order valence-electron chi connectivity index (χ4n) is 5.08. The molecule has 1 N–H and O–H groups in total. The van der Waals surface area contributed by atoms with E-state index in [1.807, 2.05) is 0 Å². The minimum Gasteiger partial charge on any atom is -0.489 e. The molecule has 0 bridgehead atoms. The average Bonchev–Trinajstić information content (AvgIpc) is 2.41. The third-order valence-electron chi connectivity index (χ3n) is 5.60. The second-order valence-corrected chi connectivity index (χ2v) is 7.26. The maximum Gasteiger partial charge on any atom is 0.290 e. The number of pyridine rings is 1. The summed E-state index contributed by atoms with van der Waals surface area (Å²) < 4.78 is 6.86. The van der Waals surface area contributed by atoms with Crippen molar-refractivity contribution >= 4 is 0 Å². The highest BCUT2D eigenvalue weighted by atomic mass is 16.5. The van der Waals surface area contributed by atoms with Crippen LogP contribution in [0.1, 0.15) is 58.4 Å². The van der Waals surface area contributed by atoms with Crippen molar-refractivity contribution in [2.24, 2.45) is 17.3 Å². The highest BCUT2D eigenvalue weighted by Gasteiger charge is 2.53. The van der Waals surface area contributed by atoms with Crippen LogP contribution >= 0.6 is 0 Å². The monoisotopic (exact) mass is 291 g/mol. The summed E-state index contributed by atoms with van der Waals surface area (Å²) in [4.78, 5) is 12.5. The first-order chi connectivity index (χ1) is 9.88. The lowest BCUT2D eigenvalue weighted by Crippen LogP contribution is -2.52. The standard InChI is InChI=1S/C17H25NO3/c1-5-13-17(4)9-10(2)8-11(3)15(17)14-12(21-13)6-7-18(20)16(14)19/h6-7,10-11,13,15,20H,5,8-9H2,1-4H3/t10-,11+,13+,15+,17+/m1/s1. The minimum atomic E-state index is -0.320. The zero-order valence-corrected chi connectivity index (χ0v) is 13.3. The summed E-state index contributed by atoms with van der Waals surface area (Å²) in [6.45, 7) is 8.92. The van der Waals surface area contributed by atoms with Gasteiger partial charge in [0.2, 0.25) is 0 Å². The Labute approximate surface area is 125 Å². The van der Waals surface area contributed by atoms with E-state index in [0.29, 0.717) is 27.9 Å². The molecule has 0 amide bonds. The SMILES string of the molecule is CC[C@@H]1Oc2ccn(O)c(=O)c2[C@@H]2[C@@H](C)C[C@@H](C)C[C@@]12C. The van der Waals surface area contributed by atoms with Crippen LogP contribution < -0.4 is 10.3 Å². The number of ether oxygens (including phenoxy) is 1. The van der Waals surface area contributed by atoms with Gasteiger partial charge in [-0.05, 0) is 31.1 Å². The van der Waals surface area contributed by atoms with E-state index in [-0.39, 0.29) is 23.0 Å². The normalized spacial score (nSPS) is 38.3. The van der Waals surface area contributed by atoms with E-state index in [0.717, 1.165) is 19.3 Å². The molecule has 3 rings (SSSR count). The molecule has 0 aromatic carbocycles. The molecule has 0 radical (unpaired) electrons. The molecule has 1 aromatic heterocycles. The Morgan fingerprint density at radius 3 is 2.86 bits per heavy atom. The summed E-state index contributed by atoms with van der Waals surface area (Å²) in [6, 6.07) is 1.73. The summed E-state index contributed by atoms with van der Waals surface area (Å²) >= 11 is 0. The van der Waals surface area contributed by atoms with Crippen LogP contribution in [-0.2, 0) is 0 Å². The van der Waals surface area contributed by atoms with E-state index in [1.54, 1.807) is 6.07 Å². The van der Waals surface area contributed by atoms with Crippen LogP contribution in [0, 0.1) is 17.3 Å². The van der Waals surface area contributed by atoms with Crippen molar-refractivity contribution in [3.63, 3.8) is 0 Å². The zero-order chi connectivity index (χ0) is 15.4. The van der Waals surface area contributed by atoms with Gasteiger partial charge in [0.15, 0.2) is 0 Å². The van der Waals surface area contributed by atoms with E-state index in [9.17, 15) is 10.0 Å². The van der Waals surface area contributed by atoms with Crippen LogP contribution in [0.25, 0.3) is 0 Å². The van der Waals surface area contributed by atoms with Gasteiger partial charge in [0.05, 0.1) is 11.8 Å². The molecule has 1 aromatic rings. The highest BCUT2D eigenvalue weighted by molar-refractivity contribution is 5.39. The summed E-state index contributed by atoms with van der Waals surface area (Å²) in [5, 5.41) is 9.76. The predicted octanol–water partition coefficient (Wildman–Crippen LogP) is 3.41. The molecule has 1 fully saturated rings. The fourth-order valence-corrected chi connectivity index (χ4v) is 5.08. The van der Waals surface area contributed by atoms with Crippen molar-refractivity contribution in [1.29, 1.82) is 0 Å². The molecule has 1 aliphatic heterocycles. The van der Waals surface area contributed by atoms with E-state index in [1.165, 1.54) is 6.20 Å². The van der Waals surface area contributed by atoms with Gasteiger partial charge < -0.3 is 9.94 Å². The Hall–Kier alpha value is -1.45. The molecule has 0 saturated heterocycles. The van der Waals surface area contributed by atoms with Crippen LogP contribution in [0.15, 0.2) is 17.1 Å². The van der Waals surface area contributed by atoms with Crippen LogP contribution in [0.2, 0.25) is 0 Å². The number of aromatic nitrogens is 1. The minimum absolute atomic E-state index is 0.0354. The molecule has 1 aliphatic carbocycles. The summed E-state index contributed by atoms with van der Waals surface area (Å²) in [6.07, 6.45) is 4.64. The first kappa shape index (κ1) is 14.5. The second-order valence-electron chi connectivity index (χ2n) is 7.26. The second kappa shape index (κ2) is 4.79. The summed E-state index contributed by atoms with van der Waals surface area (Å²) in [7, 11) is 0. The van der Waals surface area contributed by atoms with Gasteiger partial charge >= 0.3 is 0 Å². The maximum absolute atomic E-state index is 12.5. The molecular weight excluding hydrogens is 266 g/mol. The number of fused-ring (bicyclic) bond motifs is 3. The van der Waals surface area contributed by atoms with Crippen molar-refractivity contribution < 1.29 is 9.94 Å². The molecule has 2 heterocycles. The molecule has 2 aliphatic rings. The molecule has 5 atom stereocenters. The van der Waals surface area contributed by atoms with Crippen molar-refractivity contribution in [1.82, 2.24) is 4.73 Å². The van der Waals surface area contributed by atoms with Crippen molar-refractivity contribution in [2.75, 3.05) is 0 Å². The number of nitrogens with zero attached hydrogens (tertiary/aromatic N) is 1. The van der Waals surface area contributed by atoms with Gasteiger partial charge in [-0.15, -0.1) is 0 Å². The zero-order valence-electron chi connectivity index (χ0n) is 13.3. The number of hydrogen-bond donors (Lipinski definition) is 1. The molecular formula is C17H25NO3. The van der Waals surface area contributed by atoms with Crippen LogP contribution in [-0.4, -0.2) is 16.0 Å². The van der Waals surface area contributed by atoms with Crippen molar-refractivity contribution in [3.8, 4) is 5.75 Å². The van der Waals surface area contributed by atoms with E-state index >= 15 is 0 Å². The van der Waals surface area contributed by atoms with Gasteiger partial charge in [-0.3, -0.25) is 4.79 Å². The molecule has 1 saturated carbocycles. The average molecular weight is 291 g/mol. The largest absolute Gasteiger partial charge is 0.489 e. The maximum atomic E-state index is 12.5. The van der Waals surface area contributed by atoms with Gasteiger partial charge in [0, 0.05) is 17.4 Å². The van der Waals surface area contributed by atoms with Crippen LogP contribution in [0.4, 0.5) is 0 Å². The van der Waals surface area contributed by atoms with E-state index < -0.39 is 0 Å². The van der Waals surface area contributed by atoms with E-state index in [4.69, 9.17) is 4.74 Å². The quantitative estimate of drug-likeness (QED) is 0.807. The Morgan fingerprint density at radius 1 is 1.48 bits per heavy atom.